The second-order valence-corrected chi connectivity index (χ2v) is 7.40. The molecule has 28 heavy (non-hydrogen) atoms. The van der Waals surface area contributed by atoms with E-state index in [0.29, 0.717) is 42.1 Å². The van der Waals surface area contributed by atoms with Gasteiger partial charge in [0, 0.05) is 49.9 Å². The minimum absolute atomic E-state index is 0.0949. The molecule has 0 bridgehead atoms. The number of piperidine rings is 1. The van der Waals surface area contributed by atoms with E-state index in [1.165, 1.54) is 6.07 Å². The minimum Gasteiger partial charge on any atom is -0.356 e. The molecule has 1 aromatic rings. The van der Waals surface area contributed by atoms with Crippen LogP contribution in [0.1, 0.15) is 31.7 Å². The fraction of sp³-hybridized carbons (Fsp3) is 0.600. The van der Waals surface area contributed by atoms with Crippen molar-refractivity contribution in [3.63, 3.8) is 0 Å². The van der Waals surface area contributed by atoms with Crippen molar-refractivity contribution in [2.24, 2.45) is 4.99 Å². The second-order valence-electron chi connectivity index (χ2n) is 6.99. The number of hydrogen-bond donors (Lipinski definition) is 3. The van der Waals surface area contributed by atoms with Gasteiger partial charge in [-0.05, 0) is 37.8 Å². The number of benzene rings is 1. The summed E-state index contributed by atoms with van der Waals surface area (Å²) >= 11 is 6.07. The highest BCUT2D eigenvalue weighted by Crippen LogP contribution is 2.19. The van der Waals surface area contributed by atoms with E-state index in [9.17, 15) is 9.18 Å². The van der Waals surface area contributed by atoms with Gasteiger partial charge in [0.25, 0.3) is 0 Å². The van der Waals surface area contributed by atoms with Crippen molar-refractivity contribution in [1.29, 1.82) is 0 Å². The molecule has 0 unspecified atom stereocenters. The van der Waals surface area contributed by atoms with Crippen LogP contribution in [0, 0.1) is 5.82 Å². The first kappa shape index (κ1) is 22.4. The highest BCUT2D eigenvalue weighted by Gasteiger charge is 2.21. The van der Waals surface area contributed by atoms with Gasteiger partial charge in [0.2, 0.25) is 5.91 Å². The number of carbonyl (C=O) groups excluding carboxylic acids is 1. The van der Waals surface area contributed by atoms with Crippen LogP contribution in [0.2, 0.25) is 5.02 Å². The maximum absolute atomic E-state index is 13.8. The van der Waals surface area contributed by atoms with Gasteiger partial charge in [0.05, 0.1) is 6.54 Å². The van der Waals surface area contributed by atoms with Gasteiger partial charge >= 0.3 is 0 Å². The smallest absolute Gasteiger partial charge is 0.234 e. The van der Waals surface area contributed by atoms with Crippen LogP contribution in [0.25, 0.3) is 0 Å². The zero-order valence-corrected chi connectivity index (χ0v) is 17.5. The fourth-order valence-corrected chi connectivity index (χ4v) is 3.48. The third-order valence-corrected chi connectivity index (χ3v) is 5.17. The highest BCUT2D eigenvalue weighted by molar-refractivity contribution is 6.31. The number of hydrogen-bond acceptors (Lipinski definition) is 3. The summed E-state index contributed by atoms with van der Waals surface area (Å²) < 4.78 is 13.8. The first-order valence-electron chi connectivity index (χ1n) is 9.92. The van der Waals surface area contributed by atoms with Crippen LogP contribution in [0.4, 0.5) is 4.39 Å². The van der Waals surface area contributed by atoms with E-state index in [4.69, 9.17) is 11.6 Å². The number of halogens is 2. The molecular formula is C20H31ClFN5O. The summed E-state index contributed by atoms with van der Waals surface area (Å²) in [5, 5.41) is 10.00. The summed E-state index contributed by atoms with van der Waals surface area (Å²) in [6, 6.07) is 5.03. The molecule has 1 saturated heterocycles. The zero-order valence-electron chi connectivity index (χ0n) is 16.7. The van der Waals surface area contributed by atoms with Crippen LogP contribution in [0.3, 0.4) is 0 Å². The third kappa shape index (κ3) is 7.28. The number of likely N-dealkylation sites (tertiary alicyclic amines) is 1. The first-order chi connectivity index (χ1) is 13.5. The third-order valence-electron chi connectivity index (χ3n) is 4.82. The normalized spacial score (nSPS) is 16.1. The van der Waals surface area contributed by atoms with Crippen LogP contribution < -0.4 is 16.0 Å². The summed E-state index contributed by atoms with van der Waals surface area (Å²) in [6.45, 7) is 5.53. The molecule has 1 heterocycles. The van der Waals surface area contributed by atoms with Crippen molar-refractivity contribution in [1.82, 2.24) is 20.9 Å². The number of aliphatic imine (C=N–C) groups is 1. The molecule has 6 nitrogen and oxygen atoms in total. The molecule has 2 rings (SSSR count). The van der Waals surface area contributed by atoms with Crippen molar-refractivity contribution in [2.45, 2.75) is 38.6 Å². The number of nitrogens with one attached hydrogen (secondary N) is 3. The Morgan fingerprint density at radius 1 is 1.29 bits per heavy atom. The largest absolute Gasteiger partial charge is 0.356 e. The molecule has 0 spiro atoms. The molecule has 0 aliphatic carbocycles. The summed E-state index contributed by atoms with van der Waals surface area (Å²) in [7, 11) is 1.72. The van der Waals surface area contributed by atoms with E-state index in [-0.39, 0.29) is 11.7 Å². The van der Waals surface area contributed by atoms with Gasteiger partial charge in [-0.25, -0.2) is 4.39 Å². The predicted molar refractivity (Wildman–Crippen MR) is 112 cm³/mol. The summed E-state index contributed by atoms with van der Waals surface area (Å²) in [5.74, 6) is 0.511. The van der Waals surface area contributed by atoms with Crippen LogP contribution >= 0.6 is 11.6 Å². The van der Waals surface area contributed by atoms with Crippen molar-refractivity contribution in [3.05, 3.63) is 34.6 Å². The average molecular weight is 412 g/mol. The topological polar surface area (TPSA) is 68.8 Å². The summed E-state index contributed by atoms with van der Waals surface area (Å²) in [6.07, 6.45) is 3.33. The standard InChI is InChI=1S/C20H31ClFN5O/c1-3-10-24-19(28)14-27-12-8-15(9-13-27)26-20(23-2)25-11-7-16-17(21)5-4-6-18(16)22/h4-6,15H,3,7-14H2,1-2H3,(H,24,28)(H2,23,25,26). The molecule has 1 aromatic carbocycles. The lowest BCUT2D eigenvalue weighted by molar-refractivity contribution is -0.122. The van der Waals surface area contributed by atoms with Crippen LogP contribution in [0.5, 0.6) is 0 Å². The quantitative estimate of drug-likeness (QED) is 0.453. The van der Waals surface area contributed by atoms with Gasteiger partial charge in [-0.1, -0.05) is 24.6 Å². The van der Waals surface area contributed by atoms with E-state index in [1.807, 2.05) is 6.92 Å². The van der Waals surface area contributed by atoms with Crippen molar-refractivity contribution in [2.75, 3.05) is 39.8 Å². The Hall–Kier alpha value is -1.86. The number of nitrogens with zero attached hydrogens (tertiary/aromatic N) is 2. The minimum atomic E-state index is -0.285. The van der Waals surface area contributed by atoms with Crippen LogP contribution in [0.15, 0.2) is 23.2 Å². The molecule has 1 aliphatic rings. The molecule has 1 amide bonds. The lowest BCUT2D eigenvalue weighted by Gasteiger charge is -2.32. The molecule has 0 saturated carbocycles. The maximum Gasteiger partial charge on any atom is 0.234 e. The van der Waals surface area contributed by atoms with Crippen molar-refractivity contribution < 1.29 is 9.18 Å². The van der Waals surface area contributed by atoms with Gasteiger partial charge in [-0.2, -0.15) is 0 Å². The molecule has 156 valence electrons. The van der Waals surface area contributed by atoms with E-state index in [1.54, 1.807) is 19.2 Å². The maximum atomic E-state index is 13.8. The lowest BCUT2D eigenvalue weighted by atomic mass is 10.1. The number of amides is 1. The molecule has 0 atom stereocenters. The SMILES string of the molecule is CCCNC(=O)CN1CCC(NC(=NC)NCCc2c(F)cccc2Cl)CC1. The Morgan fingerprint density at radius 2 is 2.04 bits per heavy atom. The van der Waals surface area contributed by atoms with Gasteiger partial charge < -0.3 is 16.0 Å². The molecule has 1 aliphatic heterocycles. The molecule has 1 fully saturated rings. The Morgan fingerprint density at radius 3 is 2.68 bits per heavy atom. The van der Waals surface area contributed by atoms with Gasteiger partial charge in [-0.3, -0.25) is 14.7 Å². The van der Waals surface area contributed by atoms with Gasteiger partial charge in [0.1, 0.15) is 5.82 Å². The monoisotopic (exact) mass is 411 g/mol. The van der Waals surface area contributed by atoms with Crippen LogP contribution in [-0.4, -0.2) is 62.6 Å². The molecule has 0 radical (unpaired) electrons. The Balaban J connectivity index is 1.70. The predicted octanol–water partition coefficient (Wildman–Crippen LogP) is 2.18. The average Bonchev–Trinajstić information content (AvgIpc) is 2.69. The molecule has 0 aromatic heterocycles. The van der Waals surface area contributed by atoms with E-state index in [2.05, 4.69) is 25.8 Å². The number of carbonyl (C=O) groups is 1. The summed E-state index contributed by atoms with van der Waals surface area (Å²) in [5.41, 5.74) is 0.516. The zero-order chi connectivity index (χ0) is 20.4. The van der Waals surface area contributed by atoms with E-state index in [0.717, 1.165) is 38.9 Å². The van der Waals surface area contributed by atoms with Crippen LogP contribution in [-0.2, 0) is 11.2 Å². The Kier molecular flexibility index (Phi) is 9.50. The number of guanidine groups is 1. The second kappa shape index (κ2) is 11.9. The first-order valence-corrected chi connectivity index (χ1v) is 10.3. The Bertz CT molecular complexity index is 642. The molecule has 8 heteroatoms. The van der Waals surface area contributed by atoms with E-state index >= 15 is 0 Å². The highest BCUT2D eigenvalue weighted by atomic mass is 35.5. The van der Waals surface area contributed by atoms with E-state index < -0.39 is 0 Å². The van der Waals surface area contributed by atoms with Crippen molar-refractivity contribution in [3.8, 4) is 0 Å². The lowest BCUT2D eigenvalue weighted by Crippen LogP contribution is -2.50. The Labute approximate surface area is 171 Å². The van der Waals surface area contributed by atoms with Gasteiger partial charge in [-0.15, -0.1) is 0 Å². The summed E-state index contributed by atoms with van der Waals surface area (Å²) in [4.78, 5) is 18.3. The number of rotatable bonds is 8. The molecular weight excluding hydrogens is 381 g/mol. The van der Waals surface area contributed by atoms with Crippen molar-refractivity contribution >= 4 is 23.5 Å². The fourth-order valence-electron chi connectivity index (χ4n) is 3.22. The molecule has 3 N–H and O–H groups in total. The van der Waals surface area contributed by atoms with Gasteiger partial charge in [0.15, 0.2) is 5.96 Å².